The van der Waals surface area contributed by atoms with Gasteiger partial charge >= 0.3 is 0 Å². The number of aryl methyl sites for hydroxylation is 3. The first-order chi connectivity index (χ1) is 11.2. The van der Waals surface area contributed by atoms with Crippen LogP contribution in [-0.2, 0) is 0 Å². The maximum absolute atomic E-state index is 2.31. The van der Waals surface area contributed by atoms with E-state index in [0.717, 1.165) is 0 Å². The van der Waals surface area contributed by atoms with Crippen LogP contribution in [0, 0.1) is 20.8 Å². The molecule has 0 heterocycles. The second kappa shape index (κ2) is 4.23. The van der Waals surface area contributed by atoms with Crippen molar-refractivity contribution in [3.8, 4) is 22.3 Å². The van der Waals surface area contributed by atoms with Gasteiger partial charge in [0.1, 0.15) is 0 Å². The highest BCUT2D eigenvalue weighted by Gasteiger charge is 2.26. The van der Waals surface area contributed by atoms with Crippen LogP contribution in [0.2, 0.25) is 0 Å². The predicted molar refractivity (Wildman–Crippen MR) is 100 cm³/mol. The number of hydrogen-bond donors (Lipinski definition) is 0. The molecule has 4 aromatic rings. The average molecular weight is 294 g/mol. The lowest BCUT2D eigenvalue weighted by Crippen LogP contribution is -1.90. The fraction of sp³-hybridized carbons (Fsp3) is 0.130. The summed E-state index contributed by atoms with van der Waals surface area (Å²) in [6.07, 6.45) is 0. The van der Waals surface area contributed by atoms with E-state index < -0.39 is 0 Å². The number of rotatable bonds is 0. The van der Waals surface area contributed by atoms with Crippen molar-refractivity contribution < 1.29 is 0 Å². The third kappa shape index (κ3) is 1.46. The lowest BCUT2D eigenvalue weighted by Gasteiger charge is -2.14. The van der Waals surface area contributed by atoms with Crippen molar-refractivity contribution in [1.82, 2.24) is 0 Å². The van der Waals surface area contributed by atoms with Gasteiger partial charge < -0.3 is 0 Å². The Morgan fingerprint density at radius 3 is 1.74 bits per heavy atom. The normalized spacial score (nSPS) is 12.1. The van der Waals surface area contributed by atoms with Crippen LogP contribution in [0.4, 0.5) is 0 Å². The van der Waals surface area contributed by atoms with E-state index in [1.54, 1.807) is 0 Å². The van der Waals surface area contributed by atoms with E-state index in [9.17, 15) is 0 Å². The summed E-state index contributed by atoms with van der Waals surface area (Å²) in [5.74, 6) is 0. The number of fused-ring (bicyclic) bond motifs is 4. The summed E-state index contributed by atoms with van der Waals surface area (Å²) in [7, 11) is 0. The van der Waals surface area contributed by atoms with Crippen molar-refractivity contribution in [3.05, 3.63) is 71.3 Å². The Kier molecular flexibility index (Phi) is 2.37. The zero-order valence-corrected chi connectivity index (χ0v) is 13.7. The molecule has 0 saturated carbocycles. The van der Waals surface area contributed by atoms with E-state index in [1.165, 1.54) is 60.5 Å². The summed E-state index contributed by atoms with van der Waals surface area (Å²) >= 11 is 0. The minimum Gasteiger partial charge on any atom is -0.0616 e. The fourth-order valence-electron chi connectivity index (χ4n) is 4.42. The topological polar surface area (TPSA) is 0 Å². The highest BCUT2D eigenvalue weighted by atomic mass is 14.3. The molecule has 0 radical (unpaired) electrons. The molecule has 23 heavy (non-hydrogen) atoms. The van der Waals surface area contributed by atoms with E-state index in [1.807, 2.05) is 0 Å². The quantitative estimate of drug-likeness (QED) is 0.303. The molecule has 0 bridgehead atoms. The van der Waals surface area contributed by atoms with Gasteiger partial charge in [0, 0.05) is 0 Å². The first kappa shape index (κ1) is 12.9. The number of benzene rings is 4. The van der Waals surface area contributed by atoms with Crippen molar-refractivity contribution in [2.75, 3.05) is 0 Å². The summed E-state index contributed by atoms with van der Waals surface area (Å²) in [6.45, 7) is 6.76. The lowest BCUT2D eigenvalue weighted by molar-refractivity contribution is 1.47. The van der Waals surface area contributed by atoms with Crippen molar-refractivity contribution in [2.24, 2.45) is 0 Å². The summed E-state index contributed by atoms with van der Waals surface area (Å²) in [5, 5.41) is 5.58. The standard InChI is InChI=1S/C23H18/c1-13-11-12-20-22-15(3)18-8-5-4-7-17(18)14(2)21(22)19-10-6-9-16(13)23(19)20/h4-12H,1-3H3. The Hall–Kier alpha value is -2.60. The smallest absolute Gasteiger partial charge is 0.00235 e. The van der Waals surface area contributed by atoms with Crippen LogP contribution in [0.25, 0.3) is 43.8 Å². The Morgan fingerprint density at radius 2 is 1.09 bits per heavy atom. The molecule has 0 N–H and O–H groups in total. The van der Waals surface area contributed by atoms with Crippen LogP contribution in [-0.4, -0.2) is 0 Å². The molecule has 0 fully saturated rings. The Morgan fingerprint density at radius 1 is 0.522 bits per heavy atom. The monoisotopic (exact) mass is 294 g/mol. The molecule has 5 rings (SSSR count). The molecule has 1 aliphatic carbocycles. The first-order valence-corrected chi connectivity index (χ1v) is 8.23. The molecule has 0 spiro atoms. The van der Waals surface area contributed by atoms with Gasteiger partial charge in [-0.05, 0) is 81.3 Å². The summed E-state index contributed by atoms with van der Waals surface area (Å²) in [5.41, 5.74) is 9.85. The second-order valence-corrected chi connectivity index (χ2v) is 6.70. The van der Waals surface area contributed by atoms with Crippen molar-refractivity contribution in [3.63, 3.8) is 0 Å². The molecule has 1 aliphatic rings. The summed E-state index contributed by atoms with van der Waals surface area (Å²) < 4.78 is 0. The molecule has 0 aromatic heterocycles. The van der Waals surface area contributed by atoms with Crippen LogP contribution in [0.3, 0.4) is 0 Å². The van der Waals surface area contributed by atoms with E-state index in [-0.39, 0.29) is 0 Å². The lowest BCUT2D eigenvalue weighted by atomic mass is 9.89. The van der Waals surface area contributed by atoms with Gasteiger partial charge in [0.05, 0.1) is 0 Å². The molecule has 0 amide bonds. The van der Waals surface area contributed by atoms with Gasteiger partial charge in [-0.2, -0.15) is 0 Å². The molecule has 0 nitrogen and oxygen atoms in total. The van der Waals surface area contributed by atoms with Crippen LogP contribution in [0.15, 0.2) is 54.6 Å². The van der Waals surface area contributed by atoms with Crippen LogP contribution < -0.4 is 0 Å². The van der Waals surface area contributed by atoms with Gasteiger partial charge in [-0.25, -0.2) is 0 Å². The molecular formula is C23H18. The molecule has 110 valence electrons. The second-order valence-electron chi connectivity index (χ2n) is 6.70. The summed E-state index contributed by atoms with van der Waals surface area (Å²) in [4.78, 5) is 0. The third-order valence-electron chi connectivity index (χ3n) is 5.53. The van der Waals surface area contributed by atoms with Gasteiger partial charge in [-0.1, -0.05) is 54.6 Å². The molecule has 0 atom stereocenters. The first-order valence-electron chi connectivity index (χ1n) is 8.23. The molecule has 0 aliphatic heterocycles. The predicted octanol–water partition coefficient (Wildman–Crippen LogP) is 6.57. The summed E-state index contributed by atoms with van der Waals surface area (Å²) in [6, 6.07) is 20.1. The highest BCUT2D eigenvalue weighted by molar-refractivity contribution is 6.20. The van der Waals surface area contributed by atoms with Gasteiger partial charge in [0.15, 0.2) is 0 Å². The largest absolute Gasteiger partial charge is 0.0616 e. The van der Waals surface area contributed by atoms with Crippen molar-refractivity contribution in [2.45, 2.75) is 20.8 Å². The SMILES string of the molecule is Cc1c2c(c(C)c3ccccc13)-c1ccc(C)c3cccc-2c13. The molecule has 0 heteroatoms. The van der Waals surface area contributed by atoms with Gasteiger partial charge in [0.2, 0.25) is 0 Å². The van der Waals surface area contributed by atoms with Gasteiger partial charge in [-0.3, -0.25) is 0 Å². The van der Waals surface area contributed by atoms with E-state index in [2.05, 4.69) is 75.4 Å². The van der Waals surface area contributed by atoms with Gasteiger partial charge in [0.25, 0.3) is 0 Å². The Bertz CT molecular complexity index is 1080. The number of hydrogen-bond acceptors (Lipinski definition) is 0. The molecule has 4 aromatic carbocycles. The zero-order chi connectivity index (χ0) is 15.7. The maximum atomic E-state index is 2.31. The van der Waals surface area contributed by atoms with Crippen molar-refractivity contribution in [1.29, 1.82) is 0 Å². The van der Waals surface area contributed by atoms with Crippen LogP contribution >= 0.6 is 0 Å². The Labute approximate surface area is 136 Å². The fourth-order valence-corrected chi connectivity index (χ4v) is 4.42. The molecule has 0 unspecified atom stereocenters. The minimum absolute atomic E-state index is 1.36. The molecular weight excluding hydrogens is 276 g/mol. The van der Waals surface area contributed by atoms with E-state index in [0.29, 0.717) is 0 Å². The Balaban J connectivity index is 2.09. The van der Waals surface area contributed by atoms with Crippen molar-refractivity contribution >= 4 is 21.5 Å². The minimum atomic E-state index is 1.36. The zero-order valence-electron chi connectivity index (χ0n) is 13.7. The van der Waals surface area contributed by atoms with Crippen LogP contribution in [0.1, 0.15) is 16.7 Å². The third-order valence-corrected chi connectivity index (χ3v) is 5.53. The van der Waals surface area contributed by atoms with Crippen LogP contribution in [0.5, 0.6) is 0 Å². The average Bonchev–Trinajstić information content (AvgIpc) is 2.92. The van der Waals surface area contributed by atoms with E-state index in [4.69, 9.17) is 0 Å². The van der Waals surface area contributed by atoms with E-state index >= 15 is 0 Å². The van der Waals surface area contributed by atoms with Gasteiger partial charge in [-0.15, -0.1) is 0 Å². The molecule has 0 saturated heterocycles. The highest BCUT2D eigenvalue weighted by Crippen LogP contribution is 2.52. The maximum Gasteiger partial charge on any atom is -0.00235 e.